The monoisotopic (exact) mass is 836 g/mol. The van der Waals surface area contributed by atoms with E-state index >= 15 is 0 Å². The number of fused-ring (bicyclic) bond motifs is 17. The Bertz CT molecular complexity index is 3630. The van der Waals surface area contributed by atoms with E-state index < -0.39 is 5.41 Å². The summed E-state index contributed by atoms with van der Waals surface area (Å²) in [5, 5.41) is 7.01. The van der Waals surface area contributed by atoms with Gasteiger partial charge in [-0.05, 0) is 174 Å². The van der Waals surface area contributed by atoms with Crippen molar-refractivity contribution in [3.63, 3.8) is 0 Å². The molecule has 0 N–H and O–H groups in total. The Morgan fingerprint density at radius 1 is 0.292 bits per heavy atom. The molecule has 2 aliphatic rings. The second-order valence-corrected chi connectivity index (χ2v) is 17.1. The van der Waals surface area contributed by atoms with E-state index in [1.54, 1.807) is 0 Å². The van der Waals surface area contributed by atoms with E-state index in [0.29, 0.717) is 0 Å². The molecule has 0 aliphatic heterocycles. The highest BCUT2D eigenvalue weighted by atomic mass is 19.1. The van der Waals surface area contributed by atoms with Crippen LogP contribution in [0.15, 0.2) is 231 Å². The van der Waals surface area contributed by atoms with Crippen molar-refractivity contribution in [1.29, 1.82) is 0 Å². The van der Waals surface area contributed by atoms with Gasteiger partial charge < -0.3 is 9.80 Å². The lowest BCUT2D eigenvalue weighted by Gasteiger charge is -2.33. The predicted octanol–water partition coefficient (Wildman–Crippen LogP) is 16.7. The first-order valence-corrected chi connectivity index (χ1v) is 22.1. The van der Waals surface area contributed by atoms with E-state index in [1.165, 1.54) is 90.3 Å². The van der Waals surface area contributed by atoms with E-state index in [-0.39, 0.29) is 11.6 Å². The number of para-hydroxylation sites is 2. The first kappa shape index (κ1) is 37.2. The van der Waals surface area contributed by atoms with Crippen LogP contribution >= 0.6 is 0 Å². The molecule has 11 aromatic carbocycles. The third-order valence-electron chi connectivity index (χ3n) is 13.7. The van der Waals surface area contributed by atoms with Gasteiger partial charge in [-0.1, -0.05) is 133 Å². The normalized spacial score (nSPS) is 12.9. The molecule has 0 heterocycles. The maximum absolute atomic E-state index is 14.4. The molecule has 1 spiro atoms. The van der Waals surface area contributed by atoms with Crippen LogP contribution in [0, 0.1) is 11.6 Å². The summed E-state index contributed by atoms with van der Waals surface area (Å²) in [6.45, 7) is 0. The van der Waals surface area contributed by atoms with Crippen molar-refractivity contribution in [2.75, 3.05) is 9.80 Å². The van der Waals surface area contributed by atoms with Gasteiger partial charge in [0.15, 0.2) is 0 Å². The minimum Gasteiger partial charge on any atom is -0.310 e. The third-order valence-corrected chi connectivity index (χ3v) is 13.7. The van der Waals surface area contributed by atoms with E-state index in [9.17, 15) is 8.78 Å². The van der Waals surface area contributed by atoms with Gasteiger partial charge in [0.2, 0.25) is 0 Å². The average molecular weight is 837 g/mol. The Labute approximate surface area is 375 Å². The van der Waals surface area contributed by atoms with Crippen molar-refractivity contribution >= 4 is 66.4 Å². The summed E-state index contributed by atoms with van der Waals surface area (Å²) in [5.41, 5.74) is 15.1. The van der Waals surface area contributed by atoms with Gasteiger partial charge in [-0.3, -0.25) is 0 Å². The molecule has 0 unspecified atom stereocenters. The minimum absolute atomic E-state index is 0.268. The molecule has 2 nitrogen and oxygen atoms in total. The summed E-state index contributed by atoms with van der Waals surface area (Å²) in [5.74, 6) is -0.538. The van der Waals surface area contributed by atoms with Gasteiger partial charge in [-0.15, -0.1) is 0 Å². The van der Waals surface area contributed by atoms with Crippen LogP contribution in [0.25, 0.3) is 54.6 Å². The molecule has 0 radical (unpaired) electrons. The number of nitrogens with zero attached hydrogens (tertiary/aromatic N) is 2. The second-order valence-electron chi connectivity index (χ2n) is 17.1. The standard InChI is InChI=1S/C61H38F2N2/c62-40-24-28-44(29-25-40)64(42-13-3-1-4-14-42)46-32-35-48-39(37-46)23-34-54-58-52-20-8-7-17-49(52)55-38-47(65(43-15-5-2-6-16-43)45-30-26-41(63)27-31-45)33-36-53(55)60(58)61(59(48)54)56-21-11-9-18-50(56)51-19-10-12-22-57(51)61/h1-38H. The smallest absolute Gasteiger partial charge is 0.123 e. The minimum atomic E-state index is -0.658. The lowest BCUT2D eigenvalue weighted by Crippen LogP contribution is -2.26. The molecule has 65 heavy (non-hydrogen) atoms. The van der Waals surface area contributed by atoms with E-state index in [0.717, 1.165) is 44.9 Å². The van der Waals surface area contributed by atoms with Crippen LogP contribution in [0.4, 0.5) is 42.9 Å². The van der Waals surface area contributed by atoms with Crippen molar-refractivity contribution in [3.05, 3.63) is 264 Å². The number of anilines is 6. The van der Waals surface area contributed by atoms with Crippen molar-refractivity contribution in [2.24, 2.45) is 0 Å². The molecule has 0 aromatic heterocycles. The van der Waals surface area contributed by atoms with Crippen molar-refractivity contribution in [1.82, 2.24) is 0 Å². The zero-order chi connectivity index (χ0) is 43.2. The van der Waals surface area contributed by atoms with E-state index in [1.807, 2.05) is 60.7 Å². The molecule has 0 fully saturated rings. The van der Waals surface area contributed by atoms with Crippen LogP contribution in [0.3, 0.4) is 0 Å². The summed E-state index contributed by atoms with van der Waals surface area (Å²) in [6.07, 6.45) is 0. The van der Waals surface area contributed by atoms with Crippen LogP contribution < -0.4 is 9.80 Å². The molecular weight excluding hydrogens is 799 g/mol. The van der Waals surface area contributed by atoms with Crippen LogP contribution in [-0.4, -0.2) is 0 Å². The summed E-state index contributed by atoms with van der Waals surface area (Å²) in [7, 11) is 0. The molecule has 13 rings (SSSR count). The number of hydrogen-bond donors (Lipinski definition) is 0. The molecule has 0 atom stereocenters. The molecule has 2 aliphatic carbocycles. The lowest BCUT2D eigenvalue weighted by atomic mass is 9.68. The molecule has 0 saturated heterocycles. The SMILES string of the molecule is Fc1ccc(N(c2ccccc2)c2ccc3c4c(ccc3c2)-c2c(c3ccc(N(c5ccccc5)c5ccc(F)cc5)cc3c3ccccc23)C42c3ccccc3-c3ccccc32)cc1. The van der Waals surface area contributed by atoms with Gasteiger partial charge in [-0.25, -0.2) is 8.78 Å². The van der Waals surface area contributed by atoms with Gasteiger partial charge >= 0.3 is 0 Å². The van der Waals surface area contributed by atoms with E-state index in [4.69, 9.17) is 0 Å². The largest absolute Gasteiger partial charge is 0.310 e. The predicted molar refractivity (Wildman–Crippen MR) is 265 cm³/mol. The maximum atomic E-state index is 14.4. The summed E-state index contributed by atoms with van der Waals surface area (Å²) >= 11 is 0. The number of hydrogen-bond acceptors (Lipinski definition) is 2. The fourth-order valence-corrected chi connectivity index (χ4v) is 11.2. The Morgan fingerprint density at radius 2 is 0.754 bits per heavy atom. The van der Waals surface area contributed by atoms with Gasteiger partial charge in [0.05, 0.1) is 5.41 Å². The Kier molecular flexibility index (Phi) is 8.22. The first-order chi connectivity index (χ1) is 32.1. The van der Waals surface area contributed by atoms with Crippen LogP contribution in [0.1, 0.15) is 22.3 Å². The van der Waals surface area contributed by atoms with Crippen LogP contribution in [0.5, 0.6) is 0 Å². The van der Waals surface area contributed by atoms with Gasteiger partial charge in [0.25, 0.3) is 0 Å². The third kappa shape index (κ3) is 5.44. The number of benzene rings is 11. The Hall–Kier alpha value is -8.34. The topological polar surface area (TPSA) is 6.48 Å². The highest BCUT2D eigenvalue weighted by Crippen LogP contribution is 2.67. The average Bonchev–Trinajstić information content (AvgIpc) is 3.84. The van der Waals surface area contributed by atoms with Crippen LogP contribution in [0.2, 0.25) is 0 Å². The van der Waals surface area contributed by atoms with Crippen LogP contribution in [-0.2, 0) is 5.41 Å². The summed E-state index contributed by atoms with van der Waals surface area (Å²) in [4.78, 5) is 4.40. The van der Waals surface area contributed by atoms with Crippen molar-refractivity contribution in [2.45, 2.75) is 5.41 Å². The van der Waals surface area contributed by atoms with Crippen molar-refractivity contribution in [3.8, 4) is 22.3 Å². The molecule has 11 aromatic rings. The summed E-state index contributed by atoms with van der Waals surface area (Å²) in [6, 6.07) is 79.2. The quantitative estimate of drug-likeness (QED) is 0.154. The highest BCUT2D eigenvalue weighted by molar-refractivity contribution is 6.22. The molecule has 0 saturated carbocycles. The molecule has 306 valence electrons. The molecule has 4 heteroatoms. The Balaban J connectivity index is 1.12. The zero-order valence-electron chi connectivity index (χ0n) is 35.1. The fraction of sp³-hybridized carbons (Fsp3) is 0.0164. The second kappa shape index (κ2) is 14.3. The lowest BCUT2D eigenvalue weighted by molar-refractivity contribution is 0.627. The highest BCUT2D eigenvalue weighted by Gasteiger charge is 2.53. The van der Waals surface area contributed by atoms with Gasteiger partial charge in [-0.2, -0.15) is 0 Å². The van der Waals surface area contributed by atoms with Crippen molar-refractivity contribution < 1.29 is 8.78 Å². The van der Waals surface area contributed by atoms with Gasteiger partial charge in [0, 0.05) is 34.1 Å². The number of rotatable bonds is 6. The zero-order valence-corrected chi connectivity index (χ0v) is 35.1. The maximum Gasteiger partial charge on any atom is 0.123 e. The van der Waals surface area contributed by atoms with Gasteiger partial charge in [0.1, 0.15) is 11.6 Å². The fourth-order valence-electron chi connectivity index (χ4n) is 11.2. The molecular formula is C61H38F2N2. The van der Waals surface area contributed by atoms with E-state index in [2.05, 4.69) is 155 Å². The molecule has 0 bridgehead atoms. The Morgan fingerprint density at radius 3 is 1.34 bits per heavy atom. The number of halogens is 2. The summed E-state index contributed by atoms with van der Waals surface area (Å²) < 4.78 is 28.7. The molecule has 0 amide bonds. The first-order valence-electron chi connectivity index (χ1n) is 22.1.